The zero-order valence-electron chi connectivity index (χ0n) is 7.80. The van der Waals surface area contributed by atoms with Crippen LogP contribution in [0.15, 0.2) is 24.3 Å². The molecular weight excluding hydrogens is 184 g/mol. The van der Waals surface area contributed by atoms with Crippen LogP contribution >= 0.6 is 0 Å². The van der Waals surface area contributed by atoms with Gasteiger partial charge in [-0.05, 0) is 19.1 Å². The summed E-state index contributed by atoms with van der Waals surface area (Å²) in [6.07, 6.45) is 2.74. The van der Waals surface area contributed by atoms with Crippen molar-refractivity contribution in [1.82, 2.24) is 0 Å². The van der Waals surface area contributed by atoms with Gasteiger partial charge in [0.2, 0.25) is 0 Å². The smallest absolute Gasteiger partial charge is 0.263 e. The fourth-order valence-corrected chi connectivity index (χ4v) is 1.02. The molecule has 0 saturated carbocycles. The maximum absolute atomic E-state index is 12.2. The quantitative estimate of drug-likeness (QED) is 0.731. The summed E-state index contributed by atoms with van der Waals surface area (Å²) in [6.45, 7) is 1.82. The molecule has 0 radical (unpaired) electrons. The fourth-order valence-electron chi connectivity index (χ4n) is 1.02. The van der Waals surface area contributed by atoms with Crippen molar-refractivity contribution in [3.63, 3.8) is 0 Å². The summed E-state index contributed by atoms with van der Waals surface area (Å²) in [7, 11) is 0. The lowest BCUT2D eigenvalue weighted by Crippen LogP contribution is -2.11. The second kappa shape index (κ2) is 4.61. The Morgan fingerprint density at radius 1 is 1.29 bits per heavy atom. The van der Waals surface area contributed by atoms with Crippen molar-refractivity contribution >= 4 is 5.69 Å². The van der Waals surface area contributed by atoms with E-state index in [0.717, 1.165) is 5.69 Å². The van der Waals surface area contributed by atoms with Gasteiger partial charge in [0.25, 0.3) is 6.43 Å². The average molecular weight is 195 g/mol. The van der Waals surface area contributed by atoms with Crippen molar-refractivity contribution < 1.29 is 8.78 Å². The first-order valence-electron chi connectivity index (χ1n) is 4.24. The van der Waals surface area contributed by atoms with Crippen LogP contribution in [0.3, 0.4) is 0 Å². The summed E-state index contributed by atoms with van der Waals surface area (Å²) in [5.74, 6) is 2.49. The monoisotopic (exact) mass is 195 g/mol. The molecule has 1 N–H and O–H groups in total. The van der Waals surface area contributed by atoms with Gasteiger partial charge in [-0.1, -0.05) is 18.1 Å². The van der Waals surface area contributed by atoms with Crippen molar-refractivity contribution in [2.45, 2.75) is 19.4 Å². The zero-order chi connectivity index (χ0) is 10.6. The highest BCUT2D eigenvalue weighted by Gasteiger charge is 2.05. The van der Waals surface area contributed by atoms with Crippen molar-refractivity contribution in [2.24, 2.45) is 0 Å². The topological polar surface area (TPSA) is 12.0 Å². The Morgan fingerprint density at radius 3 is 2.29 bits per heavy atom. The third-order valence-corrected chi connectivity index (χ3v) is 1.80. The minimum Gasteiger partial charge on any atom is -0.372 e. The molecule has 0 amide bonds. The van der Waals surface area contributed by atoms with Crippen molar-refractivity contribution in [2.75, 3.05) is 5.32 Å². The summed E-state index contributed by atoms with van der Waals surface area (Å²) >= 11 is 0. The van der Waals surface area contributed by atoms with Crippen LogP contribution in [0.2, 0.25) is 0 Å². The predicted molar refractivity (Wildman–Crippen MR) is 53.3 cm³/mol. The molecule has 1 aromatic rings. The first-order chi connectivity index (χ1) is 6.63. The van der Waals surface area contributed by atoms with E-state index >= 15 is 0 Å². The van der Waals surface area contributed by atoms with Gasteiger partial charge in [-0.3, -0.25) is 0 Å². The van der Waals surface area contributed by atoms with Crippen LogP contribution in [-0.2, 0) is 0 Å². The maximum atomic E-state index is 12.2. The molecule has 0 heterocycles. The zero-order valence-corrected chi connectivity index (χ0v) is 7.80. The second-order valence-electron chi connectivity index (χ2n) is 2.96. The average Bonchev–Trinajstić information content (AvgIpc) is 2.18. The molecule has 1 atom stereocenters. The van der Waals surface area contributed by atoms with E-state index in [9.17, 15) is 8.78 Å². The number of terminal acetylenes is 1. The third kappa shape index (κ3) is 2.74. The van der Waals surface area contributed by atoms with E-state index in [-0.39, 0.29) is 11.6 Å². The first kappa shape index (κ1) is 10.5. The Kier molecular flexibility index (Phi) is 3.47. The van der Waals surface area contributed by atoms with Crippen molar-refractivity contribution in [3.05, 3.63) is 29.8 Å². The third-order valence-electron chi connectivity index (χ3n) is 1.80. The summed E-state index contributed by atoms with van der Waals surface area (Å²) in [4.78, 5) is 0. The molecule has 0 saturated heterocycles. The van der Waals surface area contributed by atoms with E-state index in [1.165, 1.54) is 12.1 Å². The minimum atomic E-state index is -2.42. The summed E-state index contributed by atoms with van der Waals surface area (Å²) in [6, 6.07) is 5.85. The van der Waals surface area contributed by atoms with Gasteiger partial charge in [-0.15, -0.1) is 6.42 Å². The summed E-state index contributed by atoms with van der Waals surface area (Å²) < 4.78 is 24.3. The SMILES string of the molecule is C#CC(C)Nc1ccc(C(F)F)cc1. The van der Waals surface area contributed by atoms with Crippen LogP contribution in [0.5, 0.6) is 0 Å². The van der Waals surface area contributed by atoms with Gasteiger partial charge in [0.05, 0.1) is 6.04 Å². The fraction of sp³-hybridized carbons (Fsp3) is 0.273. The molecule has 1 unspecified atom stereocenters. The van der Waals surface area contributed by atoms with Gasteiger partial charge in [0.1, 0.15) is 0 Å². The number of rotatable bonds is 3. The molecule has 0 fully saturated rings. The maximum Gasteiger partial charge on any atom is 0.263 e. The number of halogens is 2. The molecule has 0 aliphatic carbocycles. The van der Waals surface area contributed by atoms with E-state index in [4.69, 9.17) is 6.42 Å². The first-order valence-corrected chi connectivity index (χ1v) is 4.24. The van der Waals surface area contributed by atoms with Crippen LogP contribution in [0.1, 0.15) is 18.9 Å². The van der Waals surface area contributed by atoms with E-state index in [1.54, 1.807) is 12.1 Å². The molecule has 1 nitrogen and oxygen atoms in total. The standard InChI is InChI=1S/C11H11F2N/c1-3-8(2)14-10-6-4-9(5-7-10)11(12)13/h1,4-8,11,14H,2H3. The Hall–Kier alpha value is -1.56. The van der Waals surface area contributed by atoms with E-state index in [0.29, 0.717) is 0 Å². The van der Waals surface area contributed by atoms with Gasteiger partial charge < -0.3 is 5.32 Å². The van der Waals surface area contributed by atoms with Crippen LogP contribution < -0.4 is 5.32 Å². The van der Waals surface area contributed by atoms with Crippen LogP contribution in [0.25, 0.3) is 0 Å². The lowest BCUT2D eigenvalue weighted by Gasteiger charge is -2.09. The van der Waals surface area contributed by atoms with Crippen molar-refractivity contribution in [1.29, 1.82) is 0 Å². The Morgan fingerprint density at radius 2 is 1.86 bits per heavy atom. The molecule has 74 valence electrons. The second-order valence-corrected chi connectivity index (χ2v) is 2.96. The van der Waals surface area contributed by atoms with Gasteiger partial charge >= 0.3 is 0 Å². The van der Waals surface area contributed by atoms with Crippen LogP contribution in [0.4, 0.5) is 14.5 Å². The molecule has 3 heteroatoms. The number of anilines is 1. The molecule has 0 aromatic heterocycles. The van der Waals surface area contributed by atoms with Crippen molar-refractivity contribution in [3.8, 4) is 12.3 Å². The predicted octanol–water partition coefficient (Wildman–Crippen LogP) is 3.06. The van der Waals surface area contributed by atoms with E-state index in [1.807, 2.05) is 6.92 Å². The number of hydrogen-bond donors (Lipinski definition) is 1. The summed E-state index contributed by atoms with van der Waals surface area (Å²) in [5.41, 5.74) is 0.767. The molecule has 0 aliphatic rings. The molecular formula is C11H11F2N. The number of alkyl halides is 2. The lowest BCUT2D eigenvalue weighted by atomic mass is 10.2. The Bertz CT molecular complexity index is 324. The van der Waals surface area contributed by atoms with Gasteiger partial charge in [0, 0.05) is 11.3 Å². The molecule has 14 heavy (non-hydrogen) atoms. The summed E-state index contributed by atoms with van der Waals surface area (Å²) in [5, 5.41) is 2.98. The molecule has 0 bridgehead atoms. The normalized spacial score (nSPS) is 12.2. The minimum absolute atomic E-state index is 0.0175. The van der Waals surface area contributed by atoms with Crippen LogP contribution in [0, 0.1) is 12.3 Å². The van der Waals surface area contributed by atoms with E-state index < -0.39 is 6.43 Å². The Labute approximate surface area is 82.1 Å². The van der Waals surface area contributed by atoms with Gasteiger partial charge in [-0.25, -0.2) is 8.78 Å². The Balaban J connectivity index is 2.70. The highest BCUT2D eigenvalue weighted by molar-refractivity contribution is 5.46. The van der Waals surface area contributed by atoms with Crippen LogP contribution in [-0.4, -0.2) is 6.04 Å². The number of benzene rings is 1. The van der Waals surface area contributed by atoms with E-state index in [2.05, 4.69) is 11.2 Å². The number of hydrogen-bond acceptors (Lipinski definition) is 1. The molecule has 1 rings (SSSR count). The molecule has 0 spiro atoms. The highest BCUT2D eigenvalue weighted by atomic mass is 19.3. The number of nitrogens with one attached hydrogen (secondary N) is 1. The molecule has 0 aliphatic heterocycles. The van der Waals surface area contributed by atoms with Gasteiger partial charge in [-0.2, -0.15) is 0 Å². The largest absolute Gasteiger partial charge is 0.372 e. The molecule has 1 aromatic carbocycles. The van der Waals surface area contributed by atoms with Gasteiger partial charge in [0.15, 0.2) is 0 Å². The highest BCUT2D eigenvalue weighted by Crippen LogP contribution is 2.20. The lowest BCUT2D eigenvalue weighted by molar-refractivity contribution is 0.151.